The Balaban J connectivity index is 1.62. The minimum atomic E-state index is -0.467. The third-order valence-corrected chi connectivity index (χ3v) is 6.14. The molecule has 0 aliphatic carbocycles. The van der Waals surface area contributed by atoms with Gasteiger partial charge in [-0.25, -0.2) is 0 Å². The number of ether oxygens (including phenoxy) is 1. The highest BCUT2D eigenvalue weighted by atomic mass is 16.5. The molecule has 7 heteroatoms. The van der Waals surface area contributed by atoms with Gasteiger partial charge >= 0.3 is 0 Å². The second-order valence-electron chi connectivity index (χ2n) is 8.22. The molecule has 2 amide bonds. The average molecular weight is 389 g/mol. The first-order chi connectivity index (χ1) is 13.3. The van der Waals surface area contributed by atoms with E-state index in [1.165, 1.54) is 10.6 Å². The van der Waals surface area contributed by atoms with Crippen molar-refractivity contribution in [3.8, 4) is 0 Å². The van der Waals surface area contributed by atoms with E-state index in [1.54, 1.807) is 24.2 Å². The van der Waals surface area contributed by atoms with Crippen LogP contribution in [-0.2, 0) is 16.6 Å². The molecule has 1 aromatic rings. The summed E-state index contributed by atoms with van der Waals surface area (Å²) < 4.78 is 7.60. The van der Waals surface area contributed by atoms with Crippen molar-refractivity contribution < 1.29 is 14.3 Å². The normalized spacial score (nSPS) is 20.9. The molecular formula is C21H31N3O4. The first-order valence-corrected chi connectivity index (χ1v) is 10.2. The van der Waals surface area contributed by atoms with E-state index in [4.69, 9.17) is 4.74 Å². The van der Waals surface area contributed by atoms with Gasteiger partial charge in [-0.3, -0.25) is 14.4 Å². The van der Waals surface area contributed by atoms with Gasteiger partial charge in [-0.15, -0.1) is 0 Å². The predicted molar refractivity (Wildman–Crippen MR) is 106 cm³/mol. The number of aromatic nitrogens is 1. The molecule has 28 heavy (non-hydrogen) atoms. The zero-order valence-electron chi connectivity index (χ0n) is 17.1. The maximum atomic E-state index is 12.8. The molecule has 0 N–H and O–H groups in total. The molecule has 1 unspecified atom stereocenters. The summed E-state index contributed by atoms with van der Waals surface area (Å²) in [6.45, 7) is 7.34. The van der Waals surface area contributed by atoms with Crippen LogP contribution in [0.2, 0.25) is 0 Å². The molecule has 1 atom stereocenters. The van der Waals surface area contributed by atoms with Crippen molar-refractivity contribution in [3.63, 3.8) is 0 Å². The first-order valence-electron chi connectivity index (χ1n) is 10.2. The van der Waals surface area contributed by atoms with Gasteiger partial charge in [0, 0.05) is 51.1 Å². The quantitative estimate of drug-likeness (QED) is 0.785. The number of hydrogen-bond donors (Lipinski definition) is 0. The standard InChI is InChI=1S/C21H31N3O4/c1-4-16(2)15-24-11-12-28-21(14-19(24)26)6-9-23(10-7-21)20(27)17-5-8-22(3)18(25)13-17/h5,8,13,16H,4,6-7,9-12,14-15H2,1-3H3. The highest BCUT2D eigenvalue weighted by Gasteiger charge is 2.41. The Hall–Kier alpha value is -2.15. The number of likely N-dealkylation sites (tertiary alicyclic amines) is 1. The van der Waals surface area contributed by atoms with Gasteiger partial charge in [0.05, 0.1) is 18.6 Å². The van der Waals surface area contributed by atoms with E-state index in [0.29, 0.717) is 57.0 Å². The molecule has 0 aromatic carbocycles. The maximum Gasteiger partial charge on any atom is 0.254 e. The summed E-state index contributed by atoms with van der Waals surface area (Å²) in [5, 5.41) is 0. The molecule has 1 aromatic heterocycles. The fraction of sp³-hybridized carbons (Fsp3) is 0.667. The van der Waals surface area contributed by atoms with Gasteiger partial charge in [0.25, 0.3) is 11.5 Å². The molecule has 0 saturated carbocycles. The Labute approximate surface area is 166 Å². The van der Waals surface area contributed by atoms with Gasteiger partial charge in [0.2, 0.25) is 5.91 Å². The number of hydrogen-bond acceptors (Lipinski definition) is 4. The lowest BCUT2D eigenvalue weighted by Gasteiger charge is -2.40. The molecular weight excluding hydrogens is 358 g/mol. The van der Waals surface area contributed by atoms with Crippen molar-refractivity contribution in [2.45, 2.75) is 45.1 Å². The summed E-state index contributed by atoms with van der Waals surface area (Å²) in [7, 11) is 1.66. The zero-order chi connectivity index (χ0) is 20.3. The fourth-order valence-corrected chi connectivity index (χ4v) is 3.94. The van der Waals surface area contributed by atoms with Crippen molar-refractivity contribution in [2.24, 2.45) is 13.0 Å². The van der Waals surface area contributed by atoms with Crippen LogP contribution < -0.4 is 5.56 Å². The zero-order valence-corrected chi connectivity index (χ0v) is 17.1. The van der Waals surface area contributed by atoms with Gasteiger partial charge < -0.3 is 19.1 Å². The molecule has 154 valence electrons. The monoisotopic (exact) mass is 389 g/mol. The Kier molecular flexibility index (Phi) is 6.23. The topological polar surface area (TPSA) is 71.8 Å². The summed E-state index contributed by atoms with van der Waals surface area (Å²) in [5.41, 5.74) is -0.250. The molecule has 1 spiro atoms. The van der Waals surface area contributed by atoms with Gasteiger partial charge in [0.1, 0.15) is 0 Å². The largest absolute Gasteiger partial charge is 0.372 e. The van der Waals surface area contributed by atoms with Crippen molar-refractivity contribution in [3.05, 3.63) is 34.2 Å². The van der Waals surface area contributed by atoms with Crippen molar-refractivity contribution >= 4 is 11.8 Å². The Bertz CT molecular complexity index is 780. The van der Waals surface area contributed by atoms with Crippen LogP contribution in [-0.4, -0.2) is 64.6 Å². The highest BCUT2D eigenvalue weighted by Crippen LogP contribution is 2.33. The average Bonchev–Trinajstić information content (AvgIpc) is 2.83. The fourth-order valence-electron chi connectivity index (χ4n) is 3.94. The van der Waals surface area contributed by atoms with Gasteiger partial charge in [-0.05, 0) is 24.8 Å². The summed E-state index contributed by atoms with van der Waals surface area (Å²) in [5.74, 6) is 0.506. The molecule has 3 heterocycles. The SMILES string of the molecule is CCC(C)CN1CCOC2(CCN(C(=O)c3ccn(C)c(=O)c3)CC2)CC1=O. The molecule has 0 bridgehead atoms. The summed E-state index contributed by atoms with van der Waals surface area (Å²) >= 11 is 0. The maximum absolute atomic E-state index is 12.8. The number of nitrogens with zero attached hydrogens (tertiary/aromatic N) is 3. The Morgan fingerprint density at radius 1 is 1.25 bits per heavy atom. The molecule has 2 fully saturated rings. The van der Waals surface area contributed by atoms with Crippen LogP contribution in [0.1, 0.15) is 49.9 Å². The lowest BCUT2D eigenvalue weighted by atomic mass is 9.87. The lowest BCUT2D eigenvalue weighted by Crippen LogP contribution is -2.49. The van der Waals surface area contributed by atoms with Crippen LogP contribution in [0.5, 0.6) is 0 Å². The van der Waals surface area contributed by atoms with Crippen LogP contribution in [0.3, 0.4) is 0 Å². The van der Waals surface area contributed by atoms with Crippen LogP contribution in [0, 0.1) is 5.92 Å². The summed E-state index contributed by atoms with van der Waals surface area (Å²) in [6, 6.07) is 3.05. The van der Waals surface area contributed by atoms with E-state index in [-0.39, 0.29) is 17.4 Å². The molecule has 3 rings (SSSR count). The van der Waals surface area contributed by atoms with Crippen molar-refractivity contribution in [1.82, 2.24) is 14.4 Å². The minimum Gasteiger partial charge on any atom is -0.372 e. The third-order valence-electron chi connectivity index (χ3n) is 6.14. The number of carbonyl (C=O) groups excluding carboxylic acids is 2. The smallest absolute Gasteiger partial charge is 0.254 e. The number of amides is 2. The number of pyridine rings is 1. The van der Waals surface area contributed by atoms with E-state index >= 15 is 0 Å². The third kappa shape index (κ3) is 4.46. The summed E-state index contributed by atoms with van der Waals surface area (Å²) in [4.78, 5) is 41.0. The van der Waals surface area contributed by atoms with Crippen LogP contribution in [0.15, 0.2) is 23.1 Å². The minimum absolute atomic E-state index is 0.133. The van der Waals surface area contributed by atoms with Gasteiger partial charge in [-0.1, -0.05) is 20.3 Å². The van der Waals surface area contributed by atoms with E-state index in [1.807, 2.05) is 4.90 Å². The Morgan fingerprint density at radius 3 is 2.61 bits per heavy atom. The van der Waals surface area contributed by atoms with Crippen molar-refractivity contribution in [1.29, 1.82) is 0 Å². The Morgan fingerprint density at radius 2 is 1.96 bits per heavy atom. The van der Waals surface area contributed by atoms with E-state index in [9.17, 15) is 14.4 Å². The molecule has 2 aliphatic rings. The molecule has 7 nitrogen and oxygen atoms in total. The molecule has 0 radical (unpaired) electrons. The first kappa shape index (κ1) is 20.6. The van der Waals surface area contributed by atoms with E-state index in [2.05, 4.69) is 13.8 Å². The predicted octanol–water partition coefficient (Wildman–Crippen LogP) is 1.66. The summed E-state index contributed by atoms with van der Waals surface area (Å²) in [6.07, 6.45) is 4.34. The number of piperidine rings is 1. The van der Waals surface area contributed by atoms with Gasteiger partial charge in [0.15, 0.2) is 0 Å². The number of rotatable bonds is 4. The lowest BCUT2D eigenvalue weighted by molar-refractivity contribution is -0.135. The number of aryl methyl sites for hydroxylation is 1. The highest BCUT2D eigenvalue weighted by molar-refractivity contribution is 5.94. The molecule has 2 saturated heterocycles. The van der Waals surface area contributed by atoms with Crippen LogP contribution in [0.4, 0.5) is 0 Å². The van der Waals surface area contributed by atoms with E-state index < -0.39 is 5.60 Å². The second kappa shape index (κ2) is 8.47. The molecule has 2 aliphatic heterocycles. The van der Waals surface area contributed by atoms with Crippen LogP contribution in [0.25, 0.3) is 0 Å². The second-order valence-corrected chi connectivity index (χ2v) is 8.22. The number of carbonyl (C=O) groups is 2. The van der Waals surface area contributed by atoms with Crippen LogP contribution >= 0.6 is 0 Å². The van der Waals surface area contributed by atoms with Crippen molar-refractivity contribution in [2.75, 3.05) is 32.8 Å². The van der Waals surface area contributed by atoms with E-state index in [0.717, 1.165) is 13.0 Å². The van der Waals surface area contributed by atoms with Gasteiger partial charge in [-0.2, -0.15) is 0 Å².